The smallest absolute Gasteiger partial charge is 0.241 e. The third kappa shape index (κ3) is 3.42. The number of aliphatic hydroxyl groups is 1. The first-order valence-electron chi connectivity index (χ1n) is 6.80. The molecule has 4 nitrogen and oxygen atoms in total. The molecule has 0 atom stereocenters. The first-order chi connectivity index (χ1) is 9.38. The minimum atomic E-state index is -3.60. The molecule has 2 N–H and O–H groups in total. The van der Waals surface area contributed by atoms with E-state index in [1.807, 2.05) is 6.92 Å². The zero-order chi connectivity index (χ0) is 14.8. The van der Waals surface area contributed by atoms with Gasteiger partial charge in [-0.05, 0) is 43.5 Å². The zero-order valence-electron chi connectivity index (χ0n) is 11.5. The summed E-state index contributed by atoms with van der Waals surface area (Å²) in [5.74, 6) is 0. The number of rotatable bonds is 4. The van der Waals surface area contributed by atoms with Gasteiger partial charge in [0.2, 0.25) is 10.0 Å². The van der Waals surface area contributed by atoms with Gasteiger partial charge < -0.3 is 5.11 Å². The zero-order valence-corrected chi connectivity index (χ0v) is 13.9. The lowest BCUT2D eigenvalue weighted by molar-refractivity contribution is 0.142. The highest BCUT2D eigenvalue weighted by Gasteiger charge is 2.35. The van der Waals surface area contributed by atoms with Crippen LogP contribution in [-0.4, -0.2) is 25.7 Å². The van der Waals surface area contributed by atoms with E-state index in [9.17, 15) is 13.5 Å². The predicted octanol–water partition coefficient (Wildman–Crippen LogP) is 2.73. The van der Waals surface area contributed by atoms with E-state index in [-0.39, 0.29) is 11.5 Å². The summed E-state index contributed by atoms with van der Waals surface area (Å²) in [6.45, 7) is 1.70. The van der Waals surface area contributed by atoms with Crippen molar-refractivity contribution in [3.63, 3.8) is 0 Å². The lowest BCUT2D eigenvalue weighted by Crippen LogP contribution is -2.52. The number of nitrogens with one attached hydrogen (secondary N) is 1. The van der Waals surface area contributed by atoms with Crippen LogP contribution in [0.3, 0.4) is 0 Å². The fourth-order valence-corrected chi connectivity index (χ4v) is 4.43. The van der Waals surface area contributed by atoms with E-state index in [0.29, 0.717) is 12.8 Å². The molecule has 0 aliphatic heterocycles. The Morgan fingerprint density at radius 3 is 2.50 bits per heavy atom. The van der Waals surface area contributed by atoms with E-state index in [1.54, 1.807) is 18.2 Å². The Labute approximate surface area is 128 Å². The van der Waals surface area contributed by atoms with Crippen LogP contribution in [-0.2, 0) is 10.0 Å². The van der Waals surface area contributed by atoms with Gasteiger partial charge in [0, 0.05) is 4.47 Å². The van der Waals surface area contributed by atoms with Crippen molar-refractivity contribution < 1.29 is 13.5 Å². The van der Waals surface area contributed by atoms with Crippen LogP contribution in [0, 0.1) is 6.92 Å². The molecule has 1 fully saturated rings. The summed E-state index contributed by atoms with van der Waals surface area (Å²) in [5, 5.41) is 9.62. The molecule has 1 saturated carbocycles. The average molecular weight is 362 g/mol. The lowest BCUT2D eigenvalue weighted by Gasteiger charge is -2.36. The first kappa shape index (κ1) is 15.9. The molecule has 112 valence electrons. The van der Waals surface area contributed by atoms with Crippen LogP contribution in [0.2, 0.25) is 0 Å². The monoisotopic (exact) mass is 361 g/mol. The van der Waals surface area contributed by atoms with Gasteiger partial charge in [0.1, 0.15) is 0 Å². The van der Waals surface area contributed by atoms with E-state index in [1.165, 1.54) is 0 Å². The summed E-state index contributed by atoms with van der Waals surface area (Å²) in [7, 11) is -3.60. The van der Waals surface area contributed by atoms with Gasteiger partial charge >= 0.3 is 0 Å². The Morgan fingerprint density at radius 2 is 1.95 bits per heavy atom. The van der Waals surface area contributed by atoms with Gasteiger partial charge in [-0.3, -0.25) is 0 Å². The molecule has 0 aromatic heterocycles. The van der Waals surface area contributed by atoms with E-state index < -0.39 is 15.6 Å². The van der Waals surface area contributed by atoms with E-state index in [4.69, 9.17) is 0 Å². The maximum absolute atomic E-state index is 12.5. The second-order valence-electron chi connectivity index (χ2n) is 5.52. The SMILES string of the molecule is Cc1cc(S(=O)(=O)NC2(CO)CCCCC2)ccc1Br. The van der Waals surface area contributed by atoms with E-state index >= 15 is 0 Å². The number of hydrogen-bond donors (Lipinski definition) is 2. The Hall–Kier alpha value is -0.430. The number of hydrogen-bond acceptors (Lipinski definition) is 3. The predicted molar refractivity (Wildman–Crippen MR) is 82.1 cm³/mol. The molecule has 0 heterocycles. The van der Waals surface area contributed by atoms with Crippen molar-refractivity contribution >= 4 is 26.0 Å². The molecule has 0 spiro atoms. The standard InChI is InChI=1S/C14H20BrNO3S/c1-11-9-12(5-6-13(11)15)20(18,19)16-14(10-17)7-3-2-4-8-14/h5-6,9,16-17H,2-4,7-8,10H2,1H3. The number of sulfonamides is 1. The molecule has 1 aliphatic rings. The van der Waals surface area contributed by atoms with Crippen LogP contribution in [0.15, 0.2) is 27.6 Å². The molecule has 0 radical (unpaired) electrons. The first-order valence-corrected chi connectivity index (χ1v) is 9.07. The van der Waals surface area contributed by atoms with Gasteiger partial charge in [-0.1, -0.05) is 35.2 Å². The molecule has 6 heteroatoms. The van der Waals surface area contributed by atoms with Gasteiger partial charge in [-0.2, -0.15) is 0 Å². The fraction of sp³-hybridized carbons (Fsp3) is 0.571. The largest absolute Gasteiger partial charge is 0.394 e. The van der Waals surface area contributed by atoms with Crippen LogP contribution < -0.4 is 4.72 Å². The van der Waals surface area contributed by atoms with Crippen LogP contribution in [0.1, 0.15) is 37.7 Å². The van der Waals surface area contributed by atoms with Crippen molar-refractivity contribution in [2.75, 3.05) is 6.61 Å². The Bertz CT molecular complexity index is 580. The number of aliphatic hydroxyl groups excluding tert-OH is 1. The summed E-state index contributed by atoms with van der Waals surface area (Å²) in [4.78, 5) is 0.247. The maximum atomic E-state index is 12.5. The van der Waals surface area contributed by atoms with Crippen molar-refractivity contribution in [3.05, 3.63) is 28.2 Å². The van der Waals surface area contributed by atoms with Crippen LogP contribution in [0.4, 0.5) is 0 Å². The minimum Gasteiger partial charge on any atom is -0.394 e. The fourth-order valence-electron chi connectivity index (χ4n) is 2.65. The Balaban J connectivity index is 2.27. The number of aryl methyl sites for hydroxylation is 1. The quantitative estimate of drug-likeness (QED) is 0.866. The highest BCUT2D eigenvalue weighted by atomic mass is 79.9. The van der Waals surface area contributed by atoms with Crippen molar-refractivity contribution in [2.45, 2.75) is 49.5 Å². The van der Waals surface area contributed by atoms with Crippen molar-refractivity contribution in [2.24, 2.45) is 0 Å². The molecule has 0 saturated heterocycles. The number of halogens is 1. The molecule has 1 aromatic rings. The molecule has 0 unspecified atom stereocenters. The summed E-state index contributed by atoms with van der Waals surface area (Å²) in [5.41, 5.74) is 0.174. The average Bonchev–Trinajstić information content (AvgIpc) is 2.42. The van der Waals surface area contributed by atoms with Gasteiger partial charge in [0.05, 0.1) is 17.0 Å². The van der Waals surface area contributed by atoms with E-state index in [2.05, 4.69) is 20.7 Å². The van der Waals surface area contributed by atoms with Gasteiger partial charge in [-0.15, -0.1) is 0 Å². The third-order valence-corrected chi connectivity index (χ3v) is 6.37. The highest BCUT2D eigenvalue weighted by molar-refractivity contribution is 9.10. The topological polar surface area (TPSA) is 66.4 Å². The van der Waals surface area contributed by atoms with Crippen molar-refractivity contribution in [1.29, 1.82) is 0 Å². The van der Waals surface area contributed by atoms with Crippen molar-refractivity contribution in [1.82, 2.24) is 4.72 Å². The number of benzene rings is 1. The molecule has 0 amide bonds. The second-order valence-corrected chi connectivity index (χ2v) is 8.05. The van der Waals surface area contributed by atoms with Crippen molar-refractivity contribution in [3.8, 4) is 0 Å². The summed E-state index contributed by atoms with van der Waals surface area (Å²) in [6.07, 6.45) is 4.38. The molecule has 2 rings (SSSR count). The van der Waals surface area contributed by atoms with Crippen LogP contribution in [0.25, 0.3) is 0 Å². The summed E-state index contributed by atoms with van der Waals surface area (Å²) < 4.78 is 28.6. The molecule has 1 aromatic carbocycles. The second kappa shape index (κ2) is 6.13. The molecular weight excluding hydrogens is 342 g/mol. The van der Waals surface area contributed by atoms with E-state index in [0.717, 1.165) is 29.3 Å². The lowest BCUT2D eigenvalue weighted by atomic mass is 9.83. The normalized spacial score (nSPS) is 18.9. The minimum absolute atomic E-state index is 0.151. The molecule has 0 bridgehead atoms. The van der Waals surface area contributed by atoms with Crippen LogP contribution in [0.5, 0.6) is 0 Å². The van der Waals surface area contributed by atoms with Gasteiger partial charge in [0.15, 0.2) is 0 Å². The van der Waals surface area contributed by atoms with Gasteiger partial charge in [0.25, 0.3) is 0 Å². The molecule has 1 aliphatic carbocycles. The summed E-state index contributed by atoms with van der Waals surface area (Å²) in [6, 6.07) is 4.95. The Kier molecular flexibility index (Phi) is 4.89. The maximum Gasteiger partial charge on any atom is 0.241 e. The summed E-state index contributed by atoms with van der Waals surface area (Å²) >= 11 is 3.36. The van der Waals surface area contributed by atoms with Gasteiger partial charge in [-0.25, -0.2) is 13.1 Å². The Morgan fingerprint density at radius 1 is 1.30 bits per heavy atom. The molecule has 20 heavy (non-hydrogen) atoms. The molecular formula is C14H20BrNO3S. The highest BCUT2D eigenvalue weighted by Crippen LogP contribution is 2.30. The van der Waals surface area contributed by atoms with Crippen LogP contribution >= 0.6 is 15.9 Å². The third-order valence-electron chi connectivity index (χ3n) is 3.90.